The molecule has 1 heterocycles. The molecule has 3 nitrogen and oxygen atoms in total. The Morgan fingerprint density at radius 2 is 1.94 bits per heavy atom. The molecule has 0 aliphatic carbocycles. The van der Waals surface area contributed by atoms with Crippen LogP contribution in [0.5, 0.6) is 0 Å². The van der Waals surface area contributed by atoms with Crippen LogP contribution in [0.15, 0.2) is 24.3 Å². The standard InChI is InChI=1S/C11H11F2N3/c12-9-4-2-7(5-10(9)13)1-3-8-6-11(14)16-15-8/h2,4-6H,1,3H2,(H3,14,15,16). The average Bonchev–Trinajstić information content (AvgIpc) is 2.66. The van der Waals surface area contributed by atoms with Crippen molar-refractivity contribution in [2.75, 3.05) is 5.73 Å². The first-order chi connectivity index (χ1) is 7.65. The van der Waals surface area contributed by atoms with Crippen molar-refractivity contribution in [1.82, 2.24) is 10.2 Å². The van der Waals surface area contributed by atoms with Crippen LogP contribution in [-0.4, -0.2) is 10.2 Å². The van der Waals surface area contributed by atoms with Gasteiger partial charge < -0.3 is 5.73 Å². The van der Waals surface area contributed by atoms with E-state index in [-0.39, 0.29) is 0 Å². The maximum absolute atomic E-state index is 12.9. The predicted molar refractivity (Wildman–Crippen MR) is 56.8 cm³/mol. The minimum absolute atomic E-state index is 0.431. The number of anilines is 1. The van der Waals surface area contributed by atoms with Crippen LogP contribution < -0.4 is 5.73 Å². The molecule has 1 aromatic carbocycles. The molecule has 2 rings (SSSR count). The van der Waals surface area contributed by atoms with Gasteiger partial charge in [0.2, 0.25) is 0 Å². The number of nitrogens with one attached hydrogen (secondary N) is 1. The third-order valence-corrected chi connectivity index (χ3v) is 2.32. The fourth-order valence-electron chi connectivity index (χ4n) is 1.48. The number of nitrogens with zero attached hydrogens (tertiary/aromatic N) is 1. The summed E-state index contributed by atoms with van der Waals surface area (Å²) >= 11 is 0. The second-order valence-corrected chi connectivity index (χ2v) is 3.57. The van der Waals surface area contributed by atoms with Crippen LogP contribution in [0.25, 0.3) is 0 Å². The van der Waals surface area contributed by atoms with Crippen LogP contribution in [0.2, 0.25) is 0 Å². The van der Waals surface area contributed by atoms with Gasteiger partial charge in [0.15, 0.2) is 11.6 Å². The second kappa shape index (κ2) is 4.30. The van der Waals surface area contributed by atoms with Crippen molar-refractivity contribution in [2.24, 2.45) is 0 Å². The fraction of sp³-hybridized carbons (Fsp3) is 0.182. The Bertz CT molecular complexity index is 494. The van der Waals surface area contributed by atoms with E-state index in [0.717, 1.165) is 17.3 Å². The number of aromatic amines is 1. The van der Waals surface area contributed by atoms with Crippen molar-refractivity contribution in [3.63, 3.8) is 0 Å². The number of aromatic nitrogens is 2. The summed E-state index contributed by atoms with van der Waals surface area (Å²) in [7, 11) is 0. The molecule has 0 bridgehead atoms. The predicted octanol–water partition coefficient (Wildman–Crippen LogP) is 2.06. The summed E-state index contributed by atoms with van der Waals surface area (Å²) in [5.41, 5.74) is 7.06. The van der Waals surface area contributed by atoms with Gasteiger partial charge in [0.25, 0.3) is 0 Å². The van der Waals surface area contributed by atoms with Gasteiger partial charge in [-0.3, -0.25) is 5.10 Å². The lowest BCUT2D eigenvalue weighted by molar-refractivity contribution is 0.507. The molecule has 5 heteroatoms. The summed E-state index contributed by atoms with van der Waals surface area (Å²) in [4.78, 5) is 0. The molecule has 0 unspecified atom stereocenters. The Morgan fingerprint density at radius 3 is 2.56 bits per heavy atom. The lowest BCUT2D eigenvalue weighted by Gasteiger charge is -2.00. The van der Waals surface area contributed by atoms with Gasteiger partial charge in [0.05, 0.1) is 0 Å². The van der Waals surface area contributed by atoms with Crippen molar-refractivity contribution in [2.45, 2.75) is 12.8 Å². The van der Waals surface area contributed by atoms with Gasteiger partial charge in [-0.05, 0) is 30.5 Å². The Morgan fingerprint density at radius 1 is 1.12 bits per heavy atom. The molecule has 0 aliphatic rings. The van der Waals surface area contributed by atoms with Crippen molar-refractivity contribution in [3.05, 3.63) is 47.2 Å². The maximum atomic E-state index is 12.9. The molecule has 0 radical (unpaired) electrons. The Balaban J connectivity index is 2.02. The number of H-pyrrole nitrogens is 1. The zero-order valence-electron chi connectivity index (χ0n) is 8.50. The quantitative estimate of drug-likeness (QED) is 0.836. The maximum Gasteiger partial charge on any atom is 0.159 e. The van der Waals surface area contributed by atoms with E-state index in [1.54, 1.807) is 12.1 Å². The smallest absolute Gasteiger partial charge is 0.159 e. The molecule has 0 spiro atoms. The molecular formula is C11H11F2N3. The second-order valence-electron chi connectivity index (χ2n) is 3.57. The zero-order chi connectivity index (χ0) is 11.5. The van der Waals surface area contributed by atoms with E-state index in [1.165, 1.54) is 6.07 Å². The van der Waals surface area contributed by atoms with E-state index < -0.39 is 11.6 Å². The topological polar surface area (TPSA) is 54.7 Å². The molecular weight excluding hydrogens is 212 g/mol. The van der Waals surface area contributed by atoms with Crippen LogP contribution in [0.3, 0.4) is 0 Å². The van der Waals surface area contributed by atoms with Crippen LogP contribution >= 0.6 is 0 Å². The van der Waals surface area contributed by atoms with Gasteiger partial charge in [0.1, 0.15) is 5.82 Å². The van der Waals surface area contributed by atoms with Crippen LogP contribution in [0.4, 0.5) is 14.6 Å². The number of benzene rings is 1. The first-order valence-electron chi connectivity index (χ1n) is 4.89. The summed E-state index contributed by atoms with van der Waals surface area (Å²) in [6.07, 6.45) is 1.27. The Hall–Kier alpha value is -1.91. The highest BCUT2D eigenvalue weighted by molar-refractivity contribution is 5.29. The van der Waals surface area contributed by atoms with E-state index >= 15 is 0 Å². The molecule has 0 atom stereocenters. The number of rotatable bonds is 3. The van der Waals surface area contributed by atoms with Crippen molar-refractivity contribution in [1.29, 1.82) is 0 Å². The average molecular weight is 223 g/mol. The van der Waals surface area contributed by atoms with Gasteiger partial charge in [0, 0.05) is 11.8 Å². The highest BCUT2D eigenvalue weighted by Gasteiger charge is 2.03. The fourth-order valence-corrected chi connectivity index (χ4v) is 1.48. The highest BCUT2D eigenvalue weighted by atomic mass is 19.2. The largest absolute Gasteiger partial charge is 0.382 e. The molecule has 0 aliphatic heterocycles. The summed E-state index contributed by atoms with van der Waals surface area (Å²) in [5, 5.41) is 6.54. The lowest BCUT2D eigenvalue weighted by Crippen LogP contribution is -1.94. The molecule has 2 aromatic rings. The molecule has 84 valence electrons. The molecule has 1 aromatic heterocycles. The number of hydrogen-bond acceptors (Lipinski definition) is 2. The van der Waals surface area contributed by atoms with Crippen molar-refractivity contribution in [3.8, 4) is 0 Å². The van der Waals surface area contributed by atoms with Crippen LogP contribution in [-0.2, 0) is 12.8 Å². The Kier molecular flexibility index (Phi) is 2.85. The minimum atomic E-state index is -0.825. The zero-order valence-corrected chi connectivity index (χ0v) is 8.50. The monoisotopic (exact) mass is 223 g/mol. The van der Waals surface area contributed by atoms with Gasteiger partial charge in [-0.15, -0.1) is 0 Å². The third-order valence-electron chi connectivity index (χ3n) is 2.32. The van der Waals surface area contributed by atoms with E-state index in [0.29, 0.717) is 18.7 Å². The van der Waals surface area contributed by atoms with E-state index in [2.05, 4.69) is 10.2 Å². The molecule has 0 saturated heterocycles. The van der Waals surface area contributed by atoms with Gasteiger partial charge >= 0.3 is 0 Å². The van der Waals surface area contributed by atoms with Gasteiger partial charge in [-0.1, -0.05) is 6.07 Å². The molecule has 0 fully saturated rings. The van der Waals surface area contributed by atoms with E-state index in [9.17, 15) is 8.78 Å². The summed E-state index contributed by atoms with van der Waals surface area (Å²) in [6, 6.07) is 5.62. The lowest BCUT2D eigenvalue weighted by atomic mass is 10.1. The molecule has 16 heavy (non-hydrogen) atoms. The Labute approximate surface area is 91.3 Å². The van der Waals surface area contributed by atoms with Crippen molar-refractivity contribution >= 4 is 5.82 Å². The van der Waals surface area contributed by atoms with Crippen molar-refractivity contribution < 1.29 is 8.78 Å². The summed E-state index contributed by atoms with van der Waals surface area (Å²) < 4.78 is 25.6. The van der Waals surface area contributed by atoms with Crippen LogP contribution in [0.1, 0.15) is 11.3 Å². The van der Waals surface area contributed by atoms with E-state index in [4.69, 9.17) is 5.73 Å². The highest BCUT2D eigenvalue weighted by Crippen LogP contribution is 2.11. The first-order valence-corrected chi connectivity index (χ1v) is 4.89. The van der Waals surface area contributed by atoms with E-state index in [1.807, 2.05) is 0 Å². The molecule has 0 amide bonds. The number of halogens is 2. The first kappa shape index (κ1) is 10.6. The number of aryl methyl sites for hydroxylation is 2. The molecule has 3 N–H and O–H groups in total. The minimum Gasteiger partial charge on any atom is -0.382 e. The van der Waals surface area contributed by atoms with Gasteiger partial charge in [-0.2, -0.15) is 5.10 Å². The van der Waals surface area contributed by atoms with Crippen LogP contribution in [0, 0.1) is 11.6 Å². The normalized spacial score (nSPS) is 10.6. The summed E-state index contributed by atoms with van der Waals surface area (Å²) in [5.74, 6) is -1.21. The number of nitrogens with two attached hydrogens (primary N) is 1. The SMILES string of the molecule is Nc1cc(CCc2ccc(F)c(F)c2)[nH]n1. The summed E-state index contributed by atoms with van der Waals surface area (Å²) in [6.45, 7) is 0. The number of nitrogen functional groups attached to an aromatic ring is 1. The number of hydrogen-bond donors (Lipinski definition) is 2. The molecule has 0 saturated carbocycles. The third kappa shape index (κ3) is 2.36. The van der Waals surface area contributed by atoms with Gasteiger partial charge in [-0.25, -0.2) is 8.78 Å².